The Labute approximate surface area is 108 Å². The number of guanidine groups is 2. The predicted molar refractivity (Wildman–Crippen MR) is 75.0 cm³/mol. The van der Waals surface area contributed by atoms with Gasteiger partial charge in [-0.05, 0) is 18.4 Å². The van der Waals surface area contributed by atoms with Gasteiger partial charge in [0.1, 0.15) is 0 Å². The van der Waals surface area contributed by atoms with Crippen LogP contribution in [0.5, 0.6) is 0 Å². The topological polar surface area (TPSA) is 75.0 Å². The van der Waals surface area contributed by atoms with Crippen molar-refractivity contribution in [2.75, 3.05) is 20.6 Å². The molecule has 0 aliphatic rings. The fourth-order valence-corrected chi connectivity index (χ4v) is 1.55. The van der Waals surface area contributed by atoms with E-state index in [9.17, 15) is 0 Å². The van der Waals surface area contributed by atoms with Gasteiger partial charge in [0, 0.05) is 20.6 Å². The van der Waals surface area contributed by atoms with Gasteiger partial charge >= 0.3 is 0 Å². The van der Waals surface area contributed by atoms with Crippen LogP contribution in [0.25, 0.3) is 0 Å². The van der Waals surface area contributed by atoms with Crippen LogP contribution in [0.3, 0.4) is 0 Å². The third-order valence-corrected chi connectivity index (χ3v) is 2.68. The van der Waals surface area contributed by atoms with E-state index in [-0.39, 0.29) is 11.9 Å². The summed E-state index contributed by atoms with van der Waals surface area (Å²) >= 11 is 0. The maximum Gasteiger partial charge on any atom is 0.197 e. The van der Waals surface area contributed by atoms with Crippen molar-refractivity contribution in [2.24, 2.45) is 0 Å². The minimum atomic E-state index is 0.134. The van der Waals surface area contributed by atoms with E-state index in [4.69, 9.17) is 10.8 Å². The molecule has 18 heavy (non-hydrogen) atoms. The van der Waals surface area contributed by atoms with Gasteiger partial charge in [-0.15, -0.1) is 0 Å². The maximum atomic E-state index is 7.75. The molecule has 0 aliphatic heterocycles. The predicted octanol–water partition coefficient (Wildman–Crippen LogP) is 1.23. The van der Waals surface area contributed by atoms with Crippen molar-refractivity contribution in [3.8, 4) is 0 Å². The normalized spacial score (nSPS) is 9.67. The van der Waals surface area contributed by atoms with E-state index in [0.29, 0.717) is 0 Å². The molecule has 0 heterocycles. The molecule has 4 N–H and O–H groups in total. The first-order valence-electron chi connectivity index (χ1n) is 6.00. The van der Waals surface area contributed by atoms with E-state index in [1.54, 1.807) is 11.9 Å². The zero-order valence-corrected chi connectivity index (χ0v) is 11.0. The summed E-state index contributed by atoms with van der Waals surface area (Å²) in [4.78, 5) is 1.80. The van der Waals surface area contributed by atoms with E-state index >= 15 is 0 Å². The van der Waals surface area contributed by atoms with Gasteiger partial charge in [-0.2, -0.15) is 0 Å². The zero-order chi connectivity index (χ0) is 13.4. The van der Waals surface area contributed by atoms with Gasteiger partial charge in [0.05, 0.1) is 0 Å². The summed E-state index contributed by atoms with van der Waals surface area (Å²) in [5, 5.41) is 20.4. The Kier molecular flexibility index (Phi) is 5.70. The molecule has 0 fully saturated rings. The fraction of sp³-hybridized carbons (Fsp3) is 0.385. The minimum absolute atomic E-state index is 0.134. The van der Waals surface area contributed by atoms with Crippen molar-refractivity contribution in [3.63, 3.8) is 0 Å². The van der Waals surface area contributed by atoms with E-state index in [2.05, 4.69) is 22.8 Å². The summed E-state index contributed by atoms with van der Waals surface area (Å²) in [6.07, 6.45) is 1.99. The summed E-state index contributed by atoms with van der Waals surface area (Å²) in [7, 11) is 3.50. The van der Waals surface area contributed by atoms with Crippen molar-refractivity contribution >= 4 is 11.9 Å². The maximum absolute atomic E-state index is 7.75. The first kappa shape index (κ1) is 14.0. The lowest BCUT2D eigenvalue weighted by atomic mass is 10.1. The van der Waals surface area contributed by atoms with Gasteiger partial charge in [-0.25, -0.2) is 0 Å². The standard InChI is InChI=1S/C13H21N5/c1-16-12(14)17-13(15)18(2)10-6-9-11-7-4-3-5-8-11/h3-5,7-8H,6,9-10H2,1-2H3,(H4,14,15,16,17). The van der Waals surface area contributed by atoms with Crippen LogP contribution < -0.4 is 10.6 Å². The van der Waals surface area contributed by atoms with Crippen molar-refractivity contribution in [1.82, 2.24) is 15.5 Å². The average Bonchev–Trinajstić information content (AvgIpc) is 2.39. The third-order valence-electron chi connectivity index (χ3n) is 2.68. The number of benzene rings is 1. The molecular formula is C13H21N5. The molecule has 98 valence electrons. The van der Waals surface area contributed by atoms with E-state index in [1.807, 2.05) is 25.2 Å². The van der Waals surface area contributed by atoms with Gasteiger partial charge in [-0.3, -0.25) is 16.1 Å². The smallest absolute Gasteiger partial charge is 0.197 e. The molecule has 0 radical (unpaired) electrons. The van der Waals surface area contributed by atoms with Gasteiger partial charge in [0.15, 0.2) is 11.9 Å². The van der Waals surface area contributed by atoms with Crippen LogP contribution in [-0.2, 0) is 6.42 Å². The van der Waals surface area contributed by atoms with Crippen LogP contribution >= 0.6 is 0 Å². The Bertz CT molecular complexity index is 388. The molecule has 0 saturated heterocycles. The first-order chi connectivity index (χ1) is 8.63. The summed E-state index contributed by atoms with van der Waals surface area (Å²) in [6.45, 7) is 0.789. The fourth-order valence-electron chi connectivity index (χ4n) is 1.55. The highest BCUT2D eigenvalue weighted by molar-refractivity contribution is 5.95. The number of nitrogens with zero attached hydrogens (tertiary/aromatic N) is 1. The molecule has 1 rings (SSSR count). The number of rotatable bonds is 4. The second kappa shape index (κ2) is 7.32. The molecule has 5 nitrogen and oxygen atoms in total. The Balaban J connectivity index is 2.26. The van der Waals surface area contributed by atoms with E-state index in [1.165, 1.54) is 5.56 Å². The van der Waals surface area contributed by atoms with Gasteiger partial charge < -0.3 is 10.2 Å². The van der Waals surface area contributed by atoms with Crippen molar-refractivity contribution < 1.29 is 0 Å². The Morgan fingerprint density at radius 2 is 1.89 bits per heavy atom. The lowest BCUT2D eigenvalue weighted by molar-refractivity contribution is 0.474. The Morgan fingerprint density at radius 1 is 1.22 bits per heavy atom. The van der Waals surface area contributed by atoms with Crippen LogP contribution in [0, 0.1) is 10.8 Å². The third kappa shape index (κ3) is 4.86. The van der Waals surface area contributed by atoms with Crippen molar-refractivity contribution in [1.29, 1.82) is 10.8 Å². The molecule has 0 unspecified atom stereocenters. The molecule has 0 saturated carbocycles. The summed E-state index contributed by atoms with van der Waals surface area (Å²) < 4.78 is 0. The molecular weight excluding hydrogens is 226 g/mol. The number of hydrogen-bond acceptors (Lipinski definition) is 2. The molecule has 1 aromatic carbocycles. The van der Waals surface area contributed by atoms with Crippen LogP contribution in [-0.4, -0.2) is 37.5 Å². The highest BCUT2D eigenvalue weighted by Gasteiger charge is 2.05. The zero-order valence-electron chi connectivity index (χ0n) is 11.0. The monoisotopic (exact) mass is 247 g/mol. The molecule has 0 bridgehead atoms. The first-order valence-corrected chi connectivity index (χ1v) is 6.00. The Morgan fingerprint density at radius 3 is 2.50 bits per heavy atom. The second-order valence-corrected chi connectivity index (χ2v) is 4.11. The average molecular weight is 247 g/mol. The number of aryl methyl sites for hydroxylation is 1. The van der Waals surface area contributed by atoms with Crippen LogP contribution in [0.4, 0.5) is 0 Å². The van der Waals surface area contributed by atoms with Crippen LogP contribution in [0.15, 0.2) is 30.3 Å². The summed E-state index contributed by atoms with van der Waals surface area (Å²) in [5.41, 5.74) is 1.31. The van der Waals surface area contributed by atoms with E-state index in [0.717, 1.165) is 19.4 Å². The number of hydrogen-bond donors (Lipinski definition) is 4. The van der Waals surface area contributed by atoms with E-state index < -0.39 is 0 Å². The molecule has 0 spiro atoms. The molecule has 5 heteroatoms. The minimum Gasteiger partial charge on any atom is -0.359 e. The molecule has 0 aliphatic carbocycles. The van der Waals surface area contributed by atoms with Crippen molar-refractivity contribution in [2.45, 2.75) is 12.8 Å². The summed E-state index contributed by atoms with van der Waals surface area (Å²) in [5.74, 6) is 0.373. The van der Waals surface area contributed by atoms with Gasteiger partial charge in [0.25, 0.3) is 0 Å². The Hall–Kier alpha value is -2.04. The van der Waals surface area contributed by atoms with Gasteiger partial charge in [-0.1, -0.05) is 30.3 Å². The lowest BCUT2D eigenvalue weighted by Crippen LogP contribution is -2.45. The van der Waals surface area contributed by atoms with Gasteiger partial charge in [0.2, 0.25) is 0 Å². The lowest BCUT2D eigenvalue weighted by Gasteiger charge is -2.20. The number of nitrogens with one attached hydrogen (secondary N) is 4. The largest absolute Gasteiger partial charge is 0.359 e. The molecule has 1 aromatic rings. The highest BCUT2D eigenvalue weighted by Crippen LogP contribution is 2.02. The molecule has 0 amide bonds. The molecule has 0 aromatic heterocycles. The highest BCUT2D eigenvalue weighted by atomic mass is 15.3. The van der Waals surface area contributed by atoms with Crippen LogP contribution in [0.2, 0.25) is 0 Å². The second-order valence-electron chi connectivity index (χ2n) is 4.11. The van der Waals surface area contributed by atoms with Crippen LogP contribution in [0.1, 0.15) is 12.0 Å². The SMILES string of the molecule is CNC(=N)NC(=N)N(C)CCCc1ccccc1. The van der Waals surface area contributed by atoms with Crippen molar-refractivity contribution in [3.05, 3.63) is 35.9 Å². The quantitative estimate of drug-likeness (QED) is 0.477. The molecule has 0 atom stereocenters. The summed E-state index contributed by atoms with van der Waals surface area (Å²) in [6, 6.07) is 10.3.